The summed E-state index contributed by atoms with van der Waals surface area (Å²) in [6.07, 6.45) is 3.50. The van der Waals surface area contributed by atoms with Crippen LogP contribution in [0.3, 0.4) is 0 Å². The minimum Gasteiger partial charge on any atom is -0.496 e. The number of carbonyl (C=O) groups excluding carboxylic acids is 1. The number of likely N-dealkylation sites (tertiary alicyclic amines) is 1. The molecule has 0 N–H and O–H groups in total. The number of allylic oxidation sites excluding steroid dienone is 1. The largest absolute Gasteiger partial charge is 0.496 e. The van der Waals surface area contributed by atoms with E-state index >= 15 is 0 Å². The highest BCUT2D eigenvalue weighted by molar-refractivity contribution is 5.68. The van der Waals surface area contributed by atoms with Gasteiger partial charge in [-0.15, -0.1) is 0 Å². The van der Waals surface area contributed by atoms with Crippen LogP contribution in [-0.4, -0.2) is 42.9 Å². The predicted molar refractivity (Wildman–Crippen MR) is 103 cm³/mol. The molecule has 5 nitrogen and oxygen atoms in total. The Morgan fingerprint density at radius 2 is 2.08 bits per heavy atom. The van der Waals surface area contributed by atoms with E-state index in [9.17, 15) is 4.79 Å². The molecule has 0 spiro atoms. The number of ether oxygens (including phenoxy) is 3. The highest BCUT2D eigenvalue weighted by Crippen LogP contribution is 2.27. The topological polar surface area (TPSA) is 48.0 Å². The third-order valence-corrected chi connectivity index (χ3v) is 4.16. The van der Waals surface area contributed by atoms with Crippen molar-refractivity contribution >= 4 is 11.9 Å². The standard InChI is InChI=1S/C21H31NO4/c1-7-8-19(24-6)16-9-10-18(15(2)13-16)25-17-11-12-22(14-17)20(23)26-21(3,4)5/h8-10,13,17H,7,11-12,14H2,1-6H3/b19-8-. The van der Waals surface area contributed by atoms with Gasteiger partial charge < -0.3 is 19.1 Å². The lowest BCUT2D eigenvalue weighted by Gasteiger charge is -2.24. The van der Waals surface area contributed by atoms with E-state index < -0.39 is 5.60 Å². The van der Waals surface area contributed by atoms with Gasteiger partial charge in [0.2, 0.25) is 0 Å². The van der Waals surface area contributed by atoms with Crippen molar-refractivity contribution in [1.82, 2.24) is 4.90 Å². The molecule has 144 valence electrons. The first-order valence-electron chi connectivity index (χ1n) is 9.23. The van der Waals surface area contributed by atoms with E-state index in [1.807, 2.05) is 39.8 Å². The Balaban J connectivity index is 1.99. The van der Waals surface area contributed by atoms with Crippen LogP contribution >= 0.6 is 0 Å². The van der Waals surface area contributed by atoms with E-state index in [2.05, 4.69) is 19.1 Å². The Bertz CT molecular complexity index is 660. The van der Waals surface area contributed by atoms with Gasteiger partial charge in [-0.05, 0) is 64.0 Å². The van der Waals surface area contributed by atoms with Crippen molar-refractivity contribution in [2.75, 3.05) is 20.2 Å². The van der Waals surface area contributed by atoms with Crippen LogP contribution in [0.1, 0.15) is 51.7 Å². The number of aryl methyl sites for hydroxylation is 1. The van der Waals surface area contributed by atoms with E-state index in [0.29, 0.717) is 13.1 Å². The average molecular weight is 361 g/mol. The second kappa shape index (κ2) is 8.47. The van der Waals surface area contributed by atoms with Crippen LogP contribution in [0.15, 0.2) is 24.3 Å². The van der Waals surface area contributed by atoms with E-state index in [4.69, 9.17) is 14.2 Å². The molecule has 0 aromatic heterocycles. The number of hydrogen-bond acceptors (Lipinski definition) is 4. The van der Waals surface area contributed by atoms with Gasteiger partial charge in [0, 0.05) is 18.5 Å². The first kappa shape index (κ1) is 20.1. The van der Waals surface area contributed by atoms with Crippen LogP contribution in [0.25, 0.3) is 5.76 Å². The van der Waals surface area contributed by atoms with Crippen LogP contribution < -0.4 is 4.74 Å². The molecule has 0 aliphatic carbocycles. The number of rotatable bonds is 5. The predicted octanol–water partition coefficient (Wildman–Crippen LogP) is 4.78. The Kier molecular flexibility index (Phi) is 6.57. The van der Waals surface area contributed by atoms with Crippen molar-refractivity contribution in [3.63, 3.8) is 0 Å². The fraction of sp³-hybridized carbons (Fsp3) is 0.571. The van der Waals surface area contributed by atoms with E-state index in [1.165, 1.54) is 0 Å². The Morgan fingerprint density at radius 3 is 2.65 bits per heavy atom. The summed E-state index contributed by atoms with van der Waals surface area (Å²) in [7, 11) is 1.69. The van der Waals surface area contributed by atoms with Crippen molar-refractivity contribution in [1.29, 1.82) is 0 Å². The zero-order valence-electron chi connectivity index (χ0n) is 16.8. The molecule has 0 saturated carbocycles. The molecule has 1 aromatic rings. The molecule has 1 saturated heterocycles. The summed E-state index contributed by atoms with van der Waals surface area (Å²) in [5.41, 5.74) is 1.62. The zero-order valence-corrected chi connectivity index (χ0v) is 16.8. The number of benzene rings is 1. The molecule has 1 aromatic carbocycles. The molecule has 5 heteroatoms. The molecule has 1 heterocycles. The van der Waals surface area contributed by atoms with Crippen molar-refractivity contribution in [3.05, 3.63) is 35.4 Å². The smallest absolute Gasteiger partial charge is 0.410 e. The SMILES string of the molecule is CC/C=C(\OC)c1ccc(OC2CCN(C(=O)OC(C)(C)C)C2)c(C)c1. The summed E-state index contributed by atoms with van der Waals surface area (Å²) in [5, 5.41) is 0. The van der Waals surface area contributed by atoms with Gasteiger partial charge in [-0.2, -0.15) is 0 Å². The molecule has 1 amide bonds. The molecule has 26 heavy (non-hydrogen) atoms. The van der Waals surface area contributed by atoms with Crippen LogP contribution in [0, 0.1) is 6.92 Å². The summed E-state index contributed by atoms with van der Waals surface area (Å²) in [4.78, 5) is 13.9. The number of methoxy groups -OCH3 is 1. The Morgan fingerprint density at radius 1 is 1.35 bits per heavy atom. The molecule has 1 fully saturated rings. The van der Waals surface area contributed by atoms with Crippen molar-refractivity contribution in [2.45, 2.75) is 59.2 Å². The summed E-state index contributed by atoms with van der Waals surface area (Å²) >= 11 is 0. The van der Waals surface area contributed by atoms with Gasteiger partial charge in [0.05, 0.1) is 13.7 Å². The molecular formula is C21H31NO4. The maximum atomic E-state index is 12.2. The number of hydrogen-bond donors (Lipinski definition) is 0. The van der Waals surface area contributed by atoms with Crippen molar-refractivity contribution < 1.29 is 19.0 Å². The lowest BCUT2D eigenvalue weighted by Crippen LogP contribution is -2.36. The molecule has 1 unspecified atom stereocenters. The van der Waals surface area contributed by atoms with Crippen LogP contribution in [0.4, 0.5) is 4.79 Å². The monoisotopic (exact) mass is 361 g/mol. The zero-order chi connectivity index (χ0) is 19.3. The third-order valence-electron chi connectivity index (χ3n) is 4.16. The number of amides is 1. The number of carbonyl (C=O) groups is 1. The van der Waals surface area contributed by atoms with E-state index in [-0.39, 0.29) is 12.2 Å². The minimum atomic E-state index is -0.479. The van der Waals surface area contributed by atoms with Crippen molar-refractivity contribution in [3.8, 4) is 5.75 Å². The maximum absolute atomic E-state index is 12.2. The fourth-order valence-electron chi connectivity index (χ4n) is 2.94. The van der Waals surface area contributed by atoms with E-state index in [1.54, 1.807) is 12.0 Å². The maximum Gasteiger partial charge on any atom is 0.410 e. The van der Waals surface area contributed by atoms with Gasteiger partial charge >= 0.3 is 6.09 Å². The molecule has 1 aliphatic rings. The Labute approximate surface area is 156 Å². The van der Waals surface area contributed by atoms with Crippen LogP contribution in [0.2, 0.25) is 0 Å². The van der Waals surface area contributed by atoms with Crippen LogP contribution in [-0.2, 0) is 9.47 Å². The van der Waals surface area contributed by atoms with Gasteiger partial charge in [0.15, 0.2) is 0 Å². The van der Waals surface area contributed by atoms with E-state index in [0.717, 1.165) is 35.5 Å². The first-order chi connectivity index (χ1) is 12.2. The second-order valence-electron chi connectivity index (χ2n) is 7.62. The lowest BCUT2D eigenvalue weighted by molar-refractivity contribution is 0.0275. The highest BCUT2D eigenvalue weighted by atomic mass is 16.6. The van der Waals surface area contributed by atoms with Crippen molar-refractivity contribution in [2.24, 2.45) is 0 Å². The van der Waals surface area contributed by atoms with Crippen LogP contribution in [0.5, 0.6) is 5.75 Å². The second-order valence-corrected chi connectivity index (χ2v) is 7.62. The van der Waals surface area contributed by atoms with Gasteiger partial charge in [0.25, 0.3) is 0 Å². The molecular weight excluding hydrogens is 330 g/mol. The quantitative estimate of drug-likeness (QED) is 0.708. The third kappa shape index (κ3) is 5.41. The average Bonchev–Trinajstić information content (AvgIpc) is 3.02. The van der Waals surface area contributed by atoms with Gasteiger partial charge in [-0.25, -0.2) is 4.79 Å². The Hall–Kier alpha value is -2.17. The van der Waals surface area contributed by atoms with Gasteiger partial charge in [0.1, 0.15) is 23.2 Å². The molecule has 0 bridgehead atoms. The summed E-state index contributed by atoms with van der Waals surface area (Å²) in [6, 6.07) is 6.05. The highest BCUT2D eigenvalue weighted by Gasteiger charge is 2.31. The fourth-order valence-corrected chi connectivity index (χ4v) is 2.94. The van der Waals surface area contributed by atoms with Gasteiger partial charge in [-0.1, -0.05) is 6.92 Å². The molecule has 1 aliphatic heterocycles. The minimum absolute atomic E-state index is 0.0138. The summed E-state index contributed by atoms with van der Waals surface area (Å²) in [5.74, 6) is 1.72. The van der Waals surface area contributed by atoms with Gasteiger partial charge in [-0.3, -0.25) is 0 Å². The molecule has 2 rings (SSSR count). The molecule has 1 atom stereocenters. The summed E-state index contributed by atoms with van der Waals surface area (Å²) in [6.45, 7) is 10.9. The number of nitrogens with zero attached hydrogens (tertiary/aromatic N) is 1. The molecule has 0 radical (unpaired) electrons. The normalized spacial score (nSPS) is 18.0. The summed E-state index contributed by atoms with van der Waals surface area (Å²) < 4.78 is 17.0. The lowest BCUT2D eigenvalue weighted by atomic mass is 10.1. The first-order valence-corrected chi connectivity index (χ1v) is 9.23.